The van der Waals surface area contributed by atoms with E-state index >= 15 is 0 Å². The molecule has 0 saturated heterocycles. The number of benzene rings is 3. The minimum absolute atomic E-state index is 0.00266. The smallest absolute Gasteiger partial charge is 0.294 e. The van der Waals surface area contributed by atoms with Crippen LogP contribution < -0.4 is 14.4 Å². The molecular formula is C29H25NO7. The van der Waals surface area contributed by atoms with Gasteiger partial charge >= 0.3 is 0 Å². The molecule has 1 aromatic heterocycles. The Morgan fingerprint density at radius 3 is 2.32 bits per heavy atom. The molecule has 2 N–H and O–H groups in total. The van der Waals surface area contributed by atoms with Gasteiger partial charge in [0.1, 0.15) is 11.3 Å². The number of rotatable bonds is 8. The first-order valence-electron chi connectivity index (χ1n) is 11.9. The third-order valence-corrected chi connectivity index (χ3v) is 6.12. The Morgan fingerprint density at radius 2 is 1.62 bits per heavy atom. The summed E-state index contributed by atoms with van der Waals surface area (Å²) in [5.74, 6) is -1.06. The van der Waals surface area contributed by atoms with Gasteiger partial charge in [-0.15, -0.1) is 0 Å². The van der Waals surface area contributed by atoms with Gasteiger partial charge in [0.25, 0.3) is 5.91 Å². The fourth-order valence-electron chi connectivity index (χ4n) is 4.49. The number of carbonyl (C=O) groups excluding carboxylic acids is 2. The van der Waals surface area contributed by atoms with E-state index in [4.69, 9.17) is 13.9 Å². The van der Waals surface area contributed by atoms with E-state index < -0.39 is 23.5 Å². The molecule has 0 saturated carbocycles. The molecule has 8 nitrogen and oxygen atoms in total. The van der Waals surface area contributed by atoms with Crippen LogP contribution in [0, 0.1) is 0 Å². The van der Waals surface area contributed by atoms with E-state index in [0.717, 1.165) is 5.39 Å². The molecule has 0 radical (unpaired) electrons. The molecule has 1 aliphatic heterocycles. The van der Waals surface area contributed by atoms with Crippen LogP contribution in [0.5, 0.6) is 17.2 Å². The van der Waals surface area contributed by atoms with E-state index in [1.807, 2.05) is 26.0 Å². The van der Waals surface area contributed by atoms with Crippen molar-refractivity contribution in [3.05, 3.63) is 95.5 Å². The predicted molar refractivity (Wildman–Crippen MR) is 137 cm³/mol. The first-order valence-corrected chi connectivity index (χ1v) is 11.9. The first-order chi connectivity index (χ1) is 17.9. The van der Waals surface area contributed by atoms with Crippen molar-refractivity contribution in [2.24, 2.45) is 0 Å². The second-order valence-corrected chi connectivity index (χ2v) is 8.41. The summed E-state index contributed by atoms with van der Waals surface area (Å²) in [6, 6.07) is 18.9. The predicted octanol–water partition coefficient (Wildman–Crippen LogP) is 5.72. The van der Waals surface area contributed by atoms with Crippen LogP contribution >= 0.6 is 0 Å². The second kappa shape index (κ2) is 9.73. The number of para-hydroxylation sites is 1. The molecule has 1 unspecified atom stereocenters. The van der Waals surface area contributed by atoms with Gasteiger partial charge < -0.3 is 24.1 Å². The number of furan rings is 1. The van der Waals surface area contributed by atoms with Gasteiger partial charge in [0.05, 0.1) is 24.8 Å². The number of hydrogen-bond acceptors (Lipinski definition) is 7. The molecular weight excluding hydrogens is 474 g/mol. The van der Waals surface area contributed by atoms with Gasteiger partial charge in [-0.2, -0.15) is 0 Å². The van der Waals surface area contributed by atoms with Crippen molar-refractivity contribution in [2.45, 2.75) is 19.9 Å². The lowest BCUT2D eigenvalue weighted by Crippen LogP contribution is -2.31. The van der Waals surface area contributed by atoms with Crippen molar-refractivity contribution < 1.29 is 33.7 Å². The molecule has 0 bridgehead atoms. The molecule has 4 aromatic rings. The molecule has 0 spiro atoms. The molecule has 0 fully saturated rings. The molecule has 188 valence electrons. The van der Waals surface area contributed by atoms with E-state index in [1.54, 1.807) is 48.5 Å². The highest BCUT2D eigenvalue weighted by Gasteiger charge is 2.45. The van der Waals surface area contributed by atoms with Crippen LogP contribution in [0.2, 0.25) is 0 Å². The van der Waals surface area contributed by atoms with Crippen LogP contribution in [0.3, 0.4) is 0 Å². The number of amides is 1. The lowest BCUT2D eigenvalue weighted by Gasteiger charge is -2.27. The van der Waals surface area contributed by atoms with E-state index in [9.17, 15) is 19.8 Å². The topological polar surface area (TPSA) is 109 Å². The van der Waals surface area contributed by atoms with Crippen molar-refractivity contribution in [1.82, 2.24) is 0 Å². The third kappa shape index (κ3) is 4.27. The van der Waals surface area contributed by atoms with Crippen molar-refractivity contribution >= 4 is 28.3 Å². The Kier molecular flexibility index (Phi) is 6.31. The first kappa shape index (κ1) is 24.0. The highest BCUT2D eigenvalue weighted by molar-refractivity contribution is 6.20. The number of hydrogen-bond donors (Lipinski definition) is 2. The molecule has 8 heteroatoms. The number of fused-ring (bicyclic) bond motifs is 1. The van der Waals surface area contributed by atoms with Crippen LogP contribution in [-0.2, 0) is 4.79 Å². The lowest BCUT2D eigenvalue weighted by molar-refractivity contribution is -0.117. The minimum Gasteiger partial charge on any atom is -0.508 e. The summed E-state index contributed by atoms with van der Waals surface area (Å²) >= 11 is 0. The van der Waals surface area contributed by atoms with Crippen LogP contribution in [-0.4, -0.2) is 35.1 Å². The van der Waals surface area contributed by atoms with Gasteiger partial charge in [0.2, 0.25) is 5.78 Å². The number of ketones is 1. The molecule has 3 aromatic carbocycles. The van der Waals surface area contributed by atoms with Crippen molar-refractivity contribution in [2.75, 3.05) is 18.1 Å². The van der Waals surface area contributed by atoms with Crippen molar-refractivity contribution in [3.8, 4) is 17.2 Å². The maximum Gasteiger partial charge on any atom is 0.294 e. The standard InChI is InChI=1S/C29H25NO7/c1-3-35-22-14-11-19(16-23(22)36-4-2)30-26(17-9-12-20(31)13-10-17)25(28(33)29(30)34)27(32)24-15-18-7-5-6-8-21(18)37-24/h5-16,26,31,33H,3-4H2,1-2H3. The zero-order chi connectivity index (χ0) is 26.1. The van der Waals surface area contributed by atoms with Crippen LogP contribution in [0.1, 0.15) is 36.0 Å². The van der Waals surface area contributed by atoms with Gasteiger partial charge in [-0.3, -0.25) is 14.5 Å². The fourth-order valence-corrected chi connectivity index (χ4v) is 4.49. The molecule has 1 amide bonds. The zero-order valence-electron chi connectivity index (χ0n) is 20.3. The molecule has 1 aliphatic rings. The fraction of sp³-hybridized carbons (Fsp3) is 0.172. The molecule has 0 aliphatic carbocycles. The molecule has 1 atom stereocenters. The van der Waals surface area contributed by atoms with Crippen LogP contribution in [0.15, 0.2) is 88.5 Å². The van der Waals surface area contributed by atoms with E-state index in [-0.39, 0.29) is 17.1 Å². The number of anilines is 1. The number of aliphatic hydroxyl groups excluding tert-OH is 1. The number of ether oxygens (including phenoxy) is 2. The Morgan fingerprint density at radius 1 is 0.919 bits per heavy atom. The minimum atomic E-state index is -0.985. The Balaban J connectivity index is 1.64. The average Bonchev–Trinajstić information content (AvgIpc) is 3.45. The number of nitrogens with zero attached hydrogens (tertiary/aromatic N) is 1. The maximum atomic E-state index is 13.7. The number of Topliss-reactive ketones (excluding diaryl/α,β-unsaturated/α-hetero) is 1. The summed E-state index contributed by atoms with van der Waals surface area (Å²) in [6.45, 7) is 4.49. The summed E-state index contributed by atoms with van der Waals surface area (Å²) in [6.07, 6.45) is 0. The van der Waals surface area contributed by atoms with Crippen LogP contribution in [0.25, 0.3) is 11.0 Å². The summed E-state index contributed by atoms with van der Waals surface area (Å²) < 4.78 is 17.1. The number of aliphatic hydroxyl groups is 1. The molecule has 37 heavy (non-hydrogen) atoms. The van der Waals surface area contributed by atoms with E-state index in [0.29, 0.717) is 41.5 Å². The summed E-state index contributed by atoms with van der Waals surface area (Å²) in [7, 11) is 0. The van der Waals surface area contributed by atoms with Crippen molar-refractivity contribution in [1.29, 1.82) is 0 Å². The molecule has 2 heterocycles. The normalized spacial score (nSPS) is 15.5. The maximum absolute atomic E-state index is 13.7. The Labute approximate surface area is 213 Å². The van der Waals surface area contributed by atoms with Gasteiger partial charge in [0, 0.05) is 17.1 Å². The summed E-state index contributed by atoms with van der Waals surface area (Å²) in [5.41, 5.74) is 1.30. The third-order valence-electron chi connectivity index (χ3n) is 6.12. The second-order valence-electron chi connectivity index (χ2n) is 8.41. The number of carbonyl (C=O) groups is 2. The van der Waals surface area contributed by atoms with Gasteiger partial charge in [-0.1, -0.05) is 30.3 Å². The lowest BCUT2D eigenvalue weighted by atomic mass is 9.94. The quantitative estimate of drug-likeness (QED) is 0.299. The Hall–Kier alpha value is -4.72. The largest absolute Gasteiger partial charge is 0.508 e. The highest BCUT2D eigenvalue weighted by Crippen LogP contribution is 2.44. The van der Waals surface area contributed by atoms with Gasteiger partial charge in [-0.05, 0) is 55.8 Å². The Bertz CT molecular complexity index is 1480. The van der Waals surface area contributed by atoms with E-state index in [1.165, 1.54) is 17.0 Å². The number of aromatic hydroxyl groups is 1. The highest BCUT2D eigenvalue weighted by atomic mass is 16.5. The van der Waals surface area contributed by atoms with E-state index in [2.05, 4.69) is 0 Å². The number of phenols is 1. The SMILES string of the molecule is CCOc1ccc(N2C(=O)C(O)=C(C(=O)c3cc4ccccc4o3)C2c2ccc(O)cc2)cc1OCC. The zero-order valence-corrected chi connectivity index (χ0v) is 20.3. The van der Waals surface area contributed by atoms with Crippen molar-refractivity contribution in [3.63, 3.8) is 0 Å². The average molecular weight is 500 g/mol. The monoisotopic (exact) mass is 499 g/mol. The molecule has 5 rings (SSSR count). The summed E-state index contributed by atoms with van der Waals surface area (Å²) in [5, 5.41) is 21.6. The summed E-state index contributed by atoms with van der Waals surface area (Å²) in [4.78, 5) is 28.5. The van der Waals surface area contributed by atoms with Gasteiger partial charge in [0.15, 0.2) is 23.0 Å². The van der Waals surface area contributed by atoms with Crippen LogP contribution in [0.4, 0.5) is 5.69 Å². The number of phenolic OH excluding ortho intramolecular Hbond substituents is 1. The van der Waals surface area contributed by atoms with Gasteiger partial charge in [-0.25, -0.2) is 0 Å².